The van der Waals surface area contributed by atoms with E-state index in [4.69, 9.17) is 4.99 Å². The molecule has 3 aliphatic heterocycles. The minimum Gasteiger partial charge on any atom is -0.352 e. The normalized spacial score (nSPS) is 38.7. The first kappa shape index (κ1) is 19.8. The van der Waals surface area contributed by atoms with Crippen molar-refractivity contribution in [2.45, 2.75) is 93.2 Å². The summed E-state index contributed by atoms with van der Waals surface area (Å²) in [5.74, 6) is 1.51. The molecular formula is C22H37N3OS. The van der Waals surface area contributed by atoms with E-state index in [1.165, 1.54) is 58.0 Å². The first-order valence-electron chi connectivity index (χ1n) is 11.2. The Morgan fingerprint density at radius 1 is 1.26 bits per heavy atom. The number of nitrogens with one attached hydrogen (secondary N) is 1. The summed E-state index contributed by atoms with van der Waals surface area (Å²) >= 11 is 2.14. The number of piperidine rings is 1. The minimum absolute atomic E-state index is 0.267. The summed E-state index contributed by atoms with van der Waals surface area (Å²) in [4.78, 5) is 19.9. The number of amides is 1. The summed E-state index contributed by atoms with van der Waals surface area (Å²) in [6.45, 7) is 4.70. The molecule has 0 aromatic heterocycles. The fourth-order valence-electron chi connectivity index (χ4n) is 5.81. The van der Waals surface area contributed by atoms with E-state index in [0.717, 1.165) is 12.8 Å². The van der Waals surface area contributed by atoms with Crippen molar-refractivity contribution in [3.8, 4) is 0 Å². The number of fused-ring (bicyclic) bond motifs is 1. The summed E-state index contributed by atoms with van der Waals surface area (Å²) in [5.41, 5.74) is 0. The van der Waals surface area contributed by atoms with Gasteiger partial charge in [-0.15, -0.1) is 11.8 Å². The first-order valence-corrected chi connectivity index (χ1v) is 12.1. The molecule has 0 aromatic carbocycles. The van der Waals surface area contributed by atoms with Gasteiger partial charge < -0.3 is 10.2 Å². The van der Waals surface area contributed by atoms with Crippen molar-refractivity contribution in [3.63, 3.8) is 0 Å². The van der Waals surface area contributed by atoms with Gasteiger partial charge in [-0.05, 0) is 70.5 Å². The van der Waals surface area contributed by atoms with Crippen LogP contribution < -0.4 is 5.32 Å². The van der Waals surface area contributed by atoms with Crippen LogP contribution in [0.2, 0.25) is 0 Å². The molecule has 3 fully saturated rings. The number of thioether (sulfide) groups is 1. The van der Waals surface area contributed by atoms with Crippen LogP contribution in [0.25, 0.3) is 0 Å². The molecule has 1 amide bonds. The van der Waals surface area contributed by atoms with Crippen LogP contribution in [-0.4, -0.2) is 59.2 Å². The average Bonchev–Trinajstić information content (AvgIpc) is 3.07. The third-order valence-electron chi connectivity index (χ3n) is 7.59. The molecule has 4 nitrogen and oxygen atoms in total. The summed E-state index contributed by atoms with van der Waals surface area (Å²) in [5, 5.41) is 3.94. The molecule has 1 aliphatic carbocycles. The number of carbonyl (C=O) groups excluding carboxylic acids is 1. The zero-order valence-corrected chi connectivity index (χ0v) is 18.0. The van der Waals surface area contributed by atoms with E-state index in [2.05, 4.69) is 42.2 Å². The summed E-state index contributed by atoms with van der Waals surface area (Å²) < 4.78 is 0.412. The molecule has 5 heteroatoms. The van der Waals surface area contributed by atoms with Gasteiger partial charge in [0.25, 0.3) is 0 Å². The Morgan fingerprint density at radius 2 is 2.04 bits per heavy atom. The second kappa shape index (κ2) is 8.44. The van der Waals surface area contributed by atoms with Crippen molar-refractivity contribution in [1.29, 1.82) is 0 Å². The number of hydrogen-bond acceptors (Lipinski definition) is 4. The third-order valence-corrected chi connectivity index (χ3v) is 9.37. The zero-order valence-electron chi connectivity index (χ0n) is 17.2. The molecule has 1 N–H and O–H groups in total. The van der Waals surface area contributed by atoms with E-state index >= 15 is 0 Å². The van der Waals surface area contributed by atoms with E-state index in [1.807, 2.05) is 0 Å². The largest absolute Gasteiger partial charge is 0.352 e. The minimum atomic E-state index is 0.267. The maximum absolute atomic E-state index is 12.7. The first-order chi connectivity index (χ1) is 13.0. The molecule has 5 atom stereocenters. The summed E-state index contributed by atoms with van der Waals surface area (Å²) in [6.07, 6.45) is 14.2. The Labute approximate surface area is 169 Å². The van der Waals surface area contributed by atoms with E-state index in [9.17, 15) is 4.79 Å². The number of hydrogen-bond donors (Lipinski definition) is 1. The second-order valence-corrected chi connectivity index (χ2v) is 11.4. The predicted molar refractivity (Wildman–Crippen MR) is 115 cm³/mol. The topological polar surface area (TPSA) is 44.7 Å². The Bertz CT molecular complexity index is 558. The quantitative estimate of drug-likeness (QED) is 0.791. The van der Waals surface area contributed by atoms with Crippen molar-refractivity contribution in [2.24, 2.45) is 16.8 Å². The third kappa shape index (κ3) is 4.55. The molecule has 5 unspecified atom stereocenters. The smallest absolute Gasteiger partial charge is 0.220 e. The molecule has 0 radical (unpaired) electrons. The van der Waals surface area contributed by atoms with Gasteiger partial charge in [0.05, 0.1) is 6.04 Å². The van der Waals surface area contributed by atoms with E-state index in [-0.39, 0.29) is 5.91 Å². The van der Waals surface area contributed by atoms with Crippen LogP contribution >= 0.6 is 11.8 Å². The van der Waals surface area contributed by atoms with E-state index in [1.54, 1.807) is 0 Å². The lowest BCUT2D eigenvalue weighted by Gasteiger charge is -2.37. The highest BCUT2D eigenvalue weighted by Gasteiger charge is 2.45. The highest BCUT2D eigenvalue weighted by Crippen LogP contribution is 2.49. The average molecular weight is 392 g/mol. The number of nitrogens with zero attached hydrogens (tertiary/aromatic N) is 2. The van der Waals surface area contributed by atoms with Crippen LogP contribution in [0.5, 0.6) is 0 Å². The van der Waals surface area contributed by atoms with Crippen molar-refractivity contribution < 1.29 is 4.79 Å². The number of rotatable bonds is 4. The van der Waals surface area contributed by atoms with Crippen LogP contribution in [0.1, 0.15) is 71.1 Å². The van der Waals surface area contributed by atoms with Crippen LogP contribution in [0.15, 0.2) is 4.99 Å². The molecule has 4 rings (SSSR count). The molecule has 4 aliphatic rings. The van der Waals surface area contributed by atoms with Gasteiger partial charge in [0.15, 0.2) is 0 Å². The Hall–Kier alpha value is -0.550. The summed E-state index contributed by atoms with van der Waals surface area (Å²) in [6, 6.07) is 0.907. The molecule has 27 heavy (non-hydrogen) atoms. The molecule has 0 bridgehead atoms. The monoisotopic (exact) mass is 391 g/mol. The van der Waals surface area contributed by atoms with Gasteiger partial charge in [-0.25, -0.2) is 0 Å². The molecule has 1 spiro atoms. The zero-order chi connectivity index (χ0) is 18.9. The number of aliphatic imine (C=N–C) groups is 1. The SMILES string of the molecule is CC1SC2(CCN(C)CC2)CC1NC(=O)CCC1C=NC2CCCCCC12. The maximum atomic E-state index is 12.7. The van der Waals surface area contributed by atoms with Gasteiger partial charge in [-0.2, -0.15) is 0 Å². The fraction of sp³-hybridized carbons (Fsp3) is 0.909. The molecule has 1 saturated carbocycles. The van der Waals surface area contributed by atoms with E-state index in [0.29, 0.717) is 40.3 Å². The van der Waals surface area contributed by atoms with Crippen molar-refractivity contribution in [3.05, 3.63) is 0 Å². The Balaban J connectivity index is 1.24. The number of likely N-dealkylation sites (tertiary alicyclic amines) is 1. The second-order valence-electron chi connectivity index (χ2n) is 9.56. The van der Waals surface area contributed by atoms with Gasteiger partial charge in [-0.3, -0.25) is 9.79 Å². The highest BCUT2D eigenvalue weighted by atomic mass is 32.2. The van der Waals surface area contributed by atoms with Crippen molar-refractivity contribution in [1.82, 2.24) is 10.2 Å². The van der Waals surface area contributed by atoms with E-state index < -0.39 is 0 Å². The molecule has 0 aromatic rings. The fourth-order valence-corrected chi connectivity index (χ4v) is 7.62. The Morgan fingerprint density at radius 3 is 2.85 bits per heavy atom. The summed E-state index contributed by atoms with van der Waals surface area (Å²) in [7, 11) is 2.22. The molecule has 3 heterocycles. The lowest BCUT2D eigenvalue weighted by Crippen LogP contribution is -2.42. The lowest BCUT2D eigenvalue weighted by molar-refractivity contribution is -0.122. The van der Waals surface area contributed by atoms with Crippen LogP contribution in [0.3, 0.4) is 0 Å². The standard InChI is InChI=1S/C22H37N3OS/c1-16-20(14-22(27-16)10-12-25(2)13-11-22)24-21(26)9-8-17-15-23-19-7-5-3-4-6-18(17)19/h15-20H,3-14H2,1-2H3,(H,24,26). The van der Waals surface area contributed by atoms with Crippen LogP contribution in [0.4, 0.5) is 0 Å². The molecule has 152 valence electrons. The molecular weight excluding hydrogens is 354 g/mol. The van der Waals surface area contributed by atoms with Crippen molar-refractivity contribution >= 4 is 23.9 Å². The van der Waals surface area contributed by atoms with Gasteiger partial charge in [-0.1, -0.05) is 26.2 Å². The predicted octanol–water partition coefficient (Wildman–Crippen LogP) is 3.89. The lowest BCUT2D eigenvalue weighted by atomic mass is 9.83. The van der Waals surface area contributed by atoms with Crippen molar-refractivity contribution in [2.75, 3.05) is 20.1 Å². The van der Waals surface area contributed by atoms with Gasteiger partial charge in [0.2, 0.25) is 5.91 Å². The van der Waals surface area contributed by atoms with Gasteiger partial charge in [0, 0.05) is 28.7 Å². The Kier molecular flexibility index (Phi) is 6.18. The molecule has 2 saturated heterocycles. The number of carbonyl (C=O) groups is 1. The maximum Gasteiger partial charge on any atom is 0.220 e. The van der Waals surface area contributed by atoms with Gasteiger partial charge in [0.1, 0.15) is 0 Å². The van der Waals surface area contributed by atoms with Crippen LogP contribution in [0, 0.1) is 11.8 Å². The van der Waals surface area contributed by atoms with Gasteiger partial charge >= 0.3 is 0 Å². The van der Waals surface area contributed by atoms with Crippen LogP contribution in [-0.2, 0) is 4.79 Å². The highest BCUT2D eigenvalue weighted by molar-refractivity contribution is 8.01.